The first-order chi connectivity index (χ1) is 8.72. The highest BCUT2D eigenvalue weighted by Crippen LogP contribution is 2.31. The number of anilines is 1. The predicted molar refractivity (Wildman–Crippen MR) is 67.4 cm³/mol. The summed E-state index contributed by atoms with van der Waals surface area (Å²) in [6.45, 7) is 1.86. The Balaban J connectivity index is 2.24. The molecule has 1 fully saturated rings. The third kappa shape index (κ3) is 2.90. The standard InChI is InChI=1S/C13H18F2N2O/c1-2-10-9-16-7-8-17(10)11-5-3-4-6-12(11)18-13(14)15/h3-6,10,13,16H,2,7-9H2,1H3. The van der Waals surface area contributed by atoms with Crippen LogP contribution in [0.4, 0.5) is 14.5 Å². The Kier molecular flexibility index (Phi) is 4.36. The summed E-state index contributed by atoms with van der Waals surface area (Å²) in [6.07, 6.45) is 0.968. The van der Waals surface area contributed by atoms with Crippen LogP contribution in [0.5, 0.6) is 5.75 Å². The summed E-state index contributed by atoms with van der Waals surface area (Å²) in [6, 6.07) is 7.32. The second-order valence-electron chi connectivity index (χ2n) is 4.31. The molecule has 0 spiro atoms. The molecular weight excluding hydrogens is 238 g/mol. The lowest BCUT2D eigenvalue weighted by molar-refractivity contribution is -0.0495. The van der Waals surface area contributed by atoms with Gasteiger partial charge in [-0.1, -0.05) is 19.1 Å². The zero-order valence-corrected chi connectivity index (χ0v) is 10.4. The van der Waals surface area contributed by atoms with E-state index in [4.69, 9.17) is 0 Å². The largest absolute Gasteiger partial charge is 0.433 e. The van der Waals surface area contributed by atoms with Crippen LogP contribution in [0.2, 0.25) is 0 Å². The Hall–Kier alpha value is -1.36. The summed E-state index contributed by atoms with van der Waals surface area (Å²) in [5, 5.41) is 3.32. The normalized spacial score (nSPS) is 20.2. The molecule has 0 aromatic heterocycles. The molecule has 0 radical (unpaired) electrons. The minimum absolute atomic E-state index is 0.257. The van der Waals surface area contributed by atoms with E-state index in [1.807, 2.05) is 12.1 Å². The molecule has 0 saturated carbocycles. The summed E-state index contributed by atoms with van der Waals surface area (Å²) >= 11 is 0. The molecule has 5 heteroatoms. The summed E-state index contributed by atoms with van der Waals surface area (Å²) in [7, 11) is 0. The van der Waals surface area contributed by atoms with E-state index in [0.29, 0.717) is 6.04 Å². The van der Waals surface area contributed by atoms with E-state index >= 15 is 0 Å². The summed E-state index contributed by atoms with van der Waals surface area (Å²) in [4.78, 5) is 2.15. The van der Waals surface area contributed by atoms with E-state index in [1.54, 1.807) is 12.1 Å². The van der Waals surface area contributed by atoms with E-state index < -0.39 is 6.61 Å². The van der Waals surface area contributed by atoms with Crippen molar-refractivity contribution in [3.05, 3.63) is 24.3 Å². The Morgan fingerprint density at radius 3 is 2.94 bits per heavy atom. The van der Waals surface area contributed by atoms with E-state index in [-0.39, 0.29) is 5.75 Å². The highest BCUT2D eigenvalue weighted by molar-refractivity contribution is 5.59. The number of benzene rings is 1. The van der Waals surface area contributed by atoms with Crippen molar-refractivity contribution in [2.24, 2.45) is 0 Å². The molecule has 2 rings (SSSR count). The van der Waals surface area contributed by atoms with Gasteiger partial charge in [0.05, 0.1) is 5.69 Å². The molecule has 1 aromatic carbocycles. The van der Waals surface area contributed by atoms with Crippen molar-refractivity contribution in [1.82, 2.24) is 5.32 Å². The number of alkyl halides is 2. The van der Waals surface area contributed by atoms with Crippen LogP contribution in [-0.4, -0.2) is 32.3 Å². The molecule has 1 aromatic rings. The summed E-state index contributed by atoms with van der Waals surface area (Å²) < 4.78 is 29.4. The quantitative estimate of drug-likeness (QED) is 0.895. The van der Waals surface area contributed by atoms with Gasteiger partial charge in [0, 0.05) is 25.7 Å². The van der Waals surface area contributed by atoms with Gasteiger partial charge in [-0.05, 0) is 18.6 Å². The first-order valence-corrected chi connectivity index (χ1v) is 6.23. The molecule has 0 amide bonds. The minimum atomic E-state index is -2.78. The van der Waals surface area contributed by atoms with Crippen molar-refractivity contribution >= 4 is 5.69 Å². The van der Waals surface area contributed by atoms with Gasteiger partial charge in [0.1, 0.15) is 5.75 Å². The molecule has 100 valence electrons. The molecule has 18 heavy (non-hydrogen) atoms. The van der Waals surface area contributed by atoms with Crippen LogP contribution in [0.1, 0.15) is 13.3 Å². The second kappa shape index (κ2) is 6.00. The first-order valence-electron chi connectivity index (χ1n) is 6.23. The Morgan fingerprint density at radius 2 is 2.22 bits per heavy atom. The maximum atomic E-state index is 12.4. The number of para-hydroxylation sites is 2. The number of hydrogen-bond acceptors (Lipinski definition) is 3. The lowest BCUT2D eigenvalue weighted by atomic mass is 10.1. The number of rotatable bonds is 4. The van der Waals surface area contributed by atoms with Gasteiger partial charge in [0.25, 0.3) is 0 Å². The van der Waals surface area contributed by atoms with Crippen LogP contribution in [0.3, 0.4) is 0 Å². The zero-order valence-electron chi connectivity index (χ0n) is 10.4. The summed E-state index contributed by atoms with van der Waals surface area (Å²) in [5.74, 6) is 0.257. The molecule has 1 saturated heterocycles. The third-order valence-corrected chi connectivity index (χ3v) is 3.21. The molecular formula is C13H18F2N2O. The molecule has 1 atom stereocenters. The van der Waals surface area contributed by atoms with E-state index in [2.05, 4.69) is 21.9 Å². The molecule has 1 unspecified atom stereocenters. The van der Waals surface area contributed by atoms with Crippen LogP contribution in [0.15, 0.2) is 24.3 Å². The highest BCUT2D eigenvalue weighted by atomic mass is 19.3. The lowest BCUT2D eigenvalue weighted by Gasteiger charge is -2.38. The zero-order chi connectivity index (χ0) is 13.0. The van der Waals surface area contributed by atoms with Crippen LogP contribution < -0.4 is 15.0 Å². The number of halogens is 2. The molecule has 1 N–H and O–H groups in total. The van der Waals surface area contributed by atoms with Crippen LogP contribution in [0, 0.1) is 0 Å². The number of ether oxygens (including phenoxy) is 1. The maximum Gasteiger partial charge on any atom is 0.387 e. The summed E-state index contributed by atoms with van der Waals surface area (Å²) in [5.41, 5.74) is 0.756. The van der Waals surface area contributed by atoms with Gasteiger partial charge < -0.3 is 15.0 Å². The first kappa shape index (κ1) is 13.1. The molecule has 0 aliphatic carbocycles. The topological polar surface area (TPSA) is 24.5 Å². The van der Waals surface area contributed by atoms with E-state index in [0.717, 1.165) is 31.7 Å². The average molecular weight is 256 g/mol. The van der Waals surface area contributed by atoms with Crippen molar-refractivity contribution < 1.29 is 13.5 Å². The fourth-order valence-electron chi connectivity index (χ4n) is 2.33. The predicted octanol–water partition coefficient (Wildman–Crippen LogP) is 2.48. The minimum Gasteiger partial charge on any atom is -0.433 e. The smallest absolute Gasteiger partial charge is 0.387 e. The monoisotopic (exact) mass is 256 g/mol. The third-order valence-electron chi connectivity index (χ3n) is 3.21. The van der Waals surface area contributed by atoms with Gasteiger partial charge in [0.2, 0.25) is 0 Å². The molecule has 1 aliphatic heterocycles. The maximum absolute atomic E-state index is 12.4. The fourth-order valence-corrected chi connectivity index (χ4v) is 2.33. The van der Waals surface area contributed by atoms with Gasteiger partial charge in [-0.15, -0.1) is 0 Å². The van der Waals surface area contributed by atoms with Gasteiger partial charge >= 0.3 is 6.61 Å². The van der Waals surface area contributed by atoms with Gasteiger partial charge in [-0.2, -0.15) is 8.78 Å². The Morgan fingerprint density at radius 1 is 1.44 bits per heavy atom. The Bertz CT molecular complexity index is 387. The molecule has 1 aliphatic rings. The number of hydrogen-bond donors (Lipinski definition) is 1. The van der Waals surface area contributed by atoms with Crippen molar-refractivity contribution in [2.45, 2.75) is 26.0 Å². The SMILES string of the molecule is CCC1CNCCN1c1ccccc1OC(F)F. The average Bonchev–Trinajstić information content (AvgIpc) is 2.39. The Labute approximate surface area is 106 Å². The van der Waals surface area contributed by atoms with Crippen molar-refractivity contribution in [2.75, 3.05) is 24.5 Å². The number of nitrogens with zero attached hydrogens (tertiary/aromatic N) is 1. The van der Waals surface area contributed by atoms with Gasteiger partial charge in [-0.3, -0.25) is 0 Å². The molecule has 0 bridgehead atoms. The number of nitrogens with one attached hydrogen (secondary N) is 1. The van der Waals surface area contributed by atoms with Gasteiger partial charge in [-0.25, -0.2) is 0 Å². The van der Waals surface area contributed by atoms with E-state index in [9.17, 15) is 8.78 Å². The van der Waals surface area contributed by atoms with Crippen LogP contribution in [-0.2, 0) is 0 Å². The van der Waals surface area contributed by atoms with Crippen molar-refractivity contribution in [3.63, 3.8) is 0 Å². The van der Waals surface area contributed by atoms with Crippen molar-refractivity contribution in [1.29, 1.82) is 0 Å². The highest BCUT2D eigenvalue weighted by Gasteiger charge is 2.23. The fraction of sp³-hybridized carbons (Fsp3) is 0.538. The van der Waals surface area contributed by atoms with E-state index in [1.165, 1.54) is 0 Å². The number of piperazine rings is 1. The van der Waals surface area contributed by atoms with Gasteiger partial charge in [0.15, 0.2) is 0 Å². The van der Waals surface area contributed by atoms with Crippen LogP contribution >= 0.6 is 0 Å². The lowest BCUT2D eigenvalue weighted by Crippen LogP contribution is -2.51. The van der Waals surface area contributed by atoms with Crippen LogP contribution in [0.25, 0.3) is 0 Å². The molecule has 3 nitrogen and oxygen atoms in total. The van der Waals surface area contributed by atoms with Crippen molar-refractivity contribution in [3.8, 4) is 5.75 Å². The molecule has 1 heterocycles. The second-order valence-corrected chi connectivity index (χ2v) is 4.31.